The van der Waals surface area contributed by atoms with Gasteiger partial charge in [0.25, 0.3) is 0 Å². The van der Waals surface area contributed by atoms with Crippen molar-refractivity contribution in [3.63, 3.8) is 0 Å². The molecule has 1 saturated heterocycles. The zero-order valence-corrected chi connectivity index (χ0v) is 16.1. The number of amides is 1. The first-order chi connectivity index (χ1) is 13.3. The van der Waals surface area contributed by atoms with E-state index in [0.29, 0.717) is 17.7 Å². The topological polar surface area (TPSA) is 51.0 Å². The lowest BCUT2D eigenvalue weighted by atomic mass is 9.87. The Balaban J connectivity index is 1.30. The highest BCUT2D eigenvalue weighted by Gasteiger charge is 2.29. The van der Waals surface area contributed by atoms with E-state index in [1.807, 2.05) is 12.4 Å². The quantitative estimate of drug-likeness (QED) is 0.783. The van der Waals surface area contributed by atoms with E-state index >= 15 is 0 Å². The third-order valence-corrected chi connectivity index (χ3v) is 6.19. The summed E-state index contributed by atoms with van der Waals surface area (Å²) in [6, 6.07) is 10.4. The summed E-state index contributed by atoms with van der Waals surface area (Å²) in [6.07, 6.45) is 11.0. The van der Waals surface area contributed by atoms with Gasteiger partial charge in [-0.3, -0.25) is 4.79 Å². The largest absolute Gasteiger partial charge is 0.342 e. The first kappa shape index (κ1) is 18.2. The van der Waals surface area contributed by atoms with Crippen LogP contribution >= 0.6 is 0 Å². The summed E-state index contributed by atoms with van der Waals surface area (Å²) in [4.78, 5) is 14.8. The number of hydrogen-bond acceptors (Lipinski definition) is 3. The molecule has 2 fully saturated rings. The van der Waals surface area contributed by atoms with Crippen LogP contribution in [-0.4, -0.2) is 38.7 Å². The Morgan fingerprint density at radius 1 is 1.04 bits per heavy atom. The number of rotatable bonds is 6. The molecule has 0 N–H and O–H groups in total. The Hall–Kier alpha value is -2.17. The smallest absolute Gasteiger partial charge is 0.222 e. The molecule has 4 rings (SSSR count). The molecule has 1 aromatic carbocycles. The van der Waals surface area contributed by atoms with Crippen molar-refractivity contribution in [3.8, 4) is 0 Å². The molecule has 0 spiro atoms. The summed E-state index contributed by atoms with van der Waals surface area (Å²) in [5, 5.41) is 8.47. The van der Waals surface area contributed by atoms with Crippen LogP contribution in [0.2, 0.25) is 0 Å². The second kappa shape index (κ2) is 8.68. The van der Waals surface area contributed by atoms with E-state index in [4.69, 9.17) is 0 Å². The van der Waals surface area contributed by atoms with Gasteiger partial charge in [0.2, 0.25) is 5.91 Å². The van der Waals surface area contributed by atoms with Crippen LogP contribution in [0.25, 0.3) is 0 Å². The normalized spacial score (nSPS) is 20.9. The molecule has 1 saturated carbocycles. The lowest BCUT2D eigenvalue weighted by Gasteiger charge is -2.24. The predicted molar refractivity (Wildman–Crippen MR) is 105 cm³/mol. The number of benzene rings is 1. The van der Waals surface area contributed by atoms with Gasteiger partial charge < -0.3 is 9.47 Å². The molecule has 2 heterocycles. The highest BCUT2D eigenvalue weighted by molar-refractivity contribution is 5.76. The number of hydrogen-bond donors (Lipinski definition) is 0. The molecule has 1 aromatic heterocycles. The van der Waals surface area contributed by atoms with Gasteiger partial charge >= 0.3 is 0 Å². The summed E-state index contributed by atoms with van der Waals surface area (Å²) in [6.45, 7) is 2.59. The van der Waals surface area contributed by atoms with E-state index in [-0.39, 0.29) is 0 Å². The highest BCUT2D eigenvalue weighted by Crippen LogP contribution is 2.28. The SMILES string of the molecule is O=C(CC1CCCCC1)N1CCC(Cc2nncn2Cc2ccccc2)C1. The minimum atomic E-state index is 0.371. The van der Waals surface area contributed by atoms with Crippen LogP contribution in [-0.2, 0) is 17.8 Å². The second-order valence-electron chi connectivity index (χ2n) is 8.27. The van der Waals surface area contributed by atoms with Gasteiger partial charge in [-0.1, -0.05) is 49.6 Å². The molecular formula is C22H30N4O. The van der Waals surface area contributed by atoms with Crippen molar-refractivity contribution in [3.05, 3.63) is 48.0 Å². The highest BCUT2D eigenvalue weighted by atomic mass is 16.2. The van der Waals surface area contributed by atoms with Gasteiger partial charge in [-0.25, -0.2) is 0 Å². The van der Waals surface area contributed by atoms with Crippen molar-refractivity contribution in [1.29, 1.82) is 0 Å². The number of likely N-dealkylation sites (tertiary alicyclic amines) is 1. The molecule has 5 nitrogen and oxygen atoms in total. The fourth-order valence-corrected chi connectivity index (χ4v) is 4.60. The van der Waals surface area contributed by atoms with E-state index in [9.17, 15) is 4.79 Å². The molecule has 27 heavy (non-hydrogen) atoms. The molecule has 1 atom stereocenters. The Morgan fingerprint density at radius 2 is 1.85 bits per heavy atom. The van der Waals surface area contributed by atoms with Gasteiger partial charge in [-0.05, 0) is 36.7 Å². The molecule has 0 radical (unpaired) electrons. The first-order valence-corrected chi connectivity index (χ1v) is 10.5. The van der Waals surface area contributed by atoms with E-state index in [2.05, 4.69) is 43.9 Å². The average molecular weight is 367 g/mol. The molecule has 2 aliphatic rings. The van der Waals surface area contributed by atoms with Crippen LogP contribution in [0.3, 0.4) is 0 Å². The van der Waals surface area contributed by atoms with Gasteiger partial charge in [0, 0.05) is 25.9 Å². The first-order valence-electron chi connectivity index (χ1n) is 10.5. The number of carbonyl (C=O) groups is 1. The third kappa shape index (κ3) is 4.76. The average Bonchev–Trinajstić information content (AvgIpc) is 3.34. The van der Waals surface area contributed by atoms with Crippen LogP contribution in [0.15, 0.2) is 36.7 Å². The molecule has 144 valence electrons. The minimum absolute atomic E-state index is 0.371. The van der Waals surface area contributed by atoms with Crippen molar-refractivity contribution in [1.82, 2.24) is 19.7 Å². The minimum Gasteiger partial charge on any atom is -0.342 e. The predicted octanol–water partition coefficient (Wildman–Crippen LogP) is 3.69. The van der Waals surface area contributed by atoms with Crippen LogP contribution in [0.5, 0.6) is 0 Å². The summed E-state index contributed by atoms with van der Waals surface area (Å²) < 4.78 is 2.14. The van der Waals surface area contributed by atoms with Gasteiger partial charge in [-0.2, -0.15) is 0 Å². The van der Waals surface area contributed by atoms with Crippen molar-refractivity contribution in [2.75, 3.05) is 13.1 Å². The van der Waals surface area contributed by atoms with Crippen LogP contribution in [0, 0.1) is 11.8 Å². The van der Waals surface area contributed by atoms with Gasteiger partial charge in [0.15, 0.2) is 0 Å². The standard InChI is InChI=1S/C22H30N4O/c27-22(14-18-7-3-1-4-8-18)25-12-11-20(16-25)13-21-24-23-17-26(21)15-19-9-5-2-6-10-19/h2,5-6,9-10,17-18,20H,1,3-4,7-8,11-16H2. The van der Waals surface area contributed by atoms with Crippen molar-refractivity contribution in [2.45, 2.75) is 57.9 Å². The summed E-state index contributed by atoms with van der Waals surface area (Å²) in [5.74, 6) is 2.53. The molecule has 1 aliphatic heterocycles. The monoisotopic (exact) mass is 366 g/mol. The molecule has 5 heteroatoms. The van der Waals surface area contributed by atoms with Crippen molar-refractivity contribution < 1.29 is 4.79 Å². The lowest BCUT2D eigenvalue weighted by Crippen LogP contribution is -2.31. The van der Waals surface area contributed by atoms with Crippen LogP contribution in [0.1, 0.15) is 56.3 Å². The Labute approximate surface area is 161 Å². The van der Waals surface area contributed by atoms with E-state index in [1.165, 1.54) is 37.7 Å². The van der Waals surface area contributed by atoms with E-state index in [1.54, 1.807) is 0 Å². The number of nitrogens with zero attached hydrogens (tertiary/aromatic N) is 4. The van der Waals surface area contributed by atoms with Crippen LogP contribution in [0.4, 0.5) is 0 Å². The fourth-order valence-electron chi connectivity index (χ4n) is 4.60. The van der Waals surface area contributed by atoms with Crippen LogP contribution < -0.4 is 0 Å². The fraction of sp³-hybridized carbons (Fsp3) is 0.591. The Kier molecular flexibility index (Phi) is 5.85. The molecule has 1 unspecified atom stereocenters. The molecule has 0 bridgehead atoms. The zero-order valence-electron chi connectivity index (χ0n) is 16.1. The second-order valence-corrected chi connectivity index (χ2v) is 8.27. The Morgan fingerprint density at radius 3 is 2.67 bits per heavy atom. The molecule has 1 aliphatic carbocycles. The number of carbonyl (C=O) groups excluding carboxylic acids is 1. The van der Waals surface area contributed by atoms with Crippen molar-refractivity contribution >= 4 is 5.91 Å². The summed E-state index contributed by atoms with van der Waals surface area (Å²) >= 11 is 0. The molecular weight excluding hydrogens is 336 g/mol. The van der Waals surface area contributed by atoms with Crippen molar-refractivity contribution in [2.24, 2.45) is 11.8 Å². The van der Waals surface area contributed by atoms with Gasteiger partial charge in [0.05, 0.1) is 6.54 Å². The van der Waals surface area contributed by atoms with E-state index < -0.39 is 0 Å². The zero-order chi connectivity index (χ0) is 18.5. The van der Waals surface area contributed by atoms with Gasteiger partial charge in [0.1, 0.15) is 12.2 Å². The Bertz CT molecular complexity index is 736. The maximum absolute atomic E-state index is 12.7. The maximum atomic E-state index is 12.7. The van der Waals surface area contributed by atoms with Gasteiger partial charge in [-0.15, -0.1) is 10.2 Å². The lowest BCUT2D eigenvalue weighted by molar-refractivity contribution is -0.131. The third-order valence-electron chi connectivity index (χ3n) is 6.19. The molecule has 1 amide bonds. The van der Waals surface area contributed by atoms with E-state index in [0.717, 1.165) is 44.7 Å². The summed E-state index contributed by atoms with van der Waals surface area (Å²) in [5.41, 5.74) is 1.26. The summed E-state index contributed by atoms with van der Waals surface area (Å²) in [7, 11) is 0. The molecule has 2 aromatic rings. The number of aromatic nitrogens is 3. The maximum Gasteiger partial charge on any atom is 0.222 e.